The van der Waals surface area contributed by atoms with Gasteiger partial charge in [-0.2, -0.15) is 0 Å². The predicted molar refractivity (Wildman–Crippen MR) is 91.1 cm³/mol. The molecule has 0 bridgehead atoms. The van der Waals surface area contributed by atoms with Crippen LogP contribution in [0, 0.1) is 0 Å². The highest BCUT2D eigenvalue weighted by Crippen LogP contribution is 2.22. The minimum Gasteiger partial charge on any atom is -0.496 e. The molecule has 1 aliphatic rings. The Morgan fingerprint density at radius 1 is 1.45 bits per heavy atom. The average molecular weight is 370 g/mol. The van der Waals surface area contributed by atoms with Crippen LogP contribution in [0.15, 0.2) is 22.7 Å². The van der Waals surface area contributed by atoms with Gasteiger partial charge in [-0.25, -0.2) is 0 Å². The van der Waals surface area contributed by atoms with Crippen LogP contribution in [0.1, 0.15) is 38.2 Å². The van der Waals surface area contributed by atoms with E-state index in [1.807, 2.05) is 19.1 Å². The number of halogens is 1. The molecule has 0 aromatic heterocycles. The third-order valence-electron chi connectivity index (χ3n) is 4.55. The van der Waals surface area contributed by atoms with Crippen molar-refractivity contribution in [2.45, 2.75) is 51.2 Å². The number of rotatable bonds is 6. The first kappa shape index (κ1) is 17.3. The molecule has 5 heteroatoms. The van der Waals surface area contributed by atoms with Crippen LogP contribution in [-0.2, 0) is 11.3 Å². The number of nitrogens with one attached hydrogen (secondary N) is 2. The van der Waals surface area contributed by atoms with E-state index >= 15 is 0 Å². The normalized spacial score (nSPS) is 18.0. The van der Waals surface area contributed by atoms with Crippen molar-refractivity contribution in [1.82, 2.24) is 5.32 Å². The van der Waals surface area contributed by atoms with E-state index in [1.54, 1.807) is 7.11 Å². The summed E-state index contributed by atoms with van der Waals surface area (Å²) in [6.07, 6.45) is 4.71. The van der Waals surface area contributed by atoms with E-state index in [0.717, 1.165) is 40.1 Å². The third-order valence-corrected chi connectivity index (χ3v) is 5.04. The molecule has 1 aromatic carbocycles. The van der Waals surface area contributed by atoms with Gasteiger partial charge in [0.2, 0.25) is 0 Å². The monoisotopic (exact) mass is 369 g/mol. The number of quaternary nitrogens is 1. The summed E-state index contributed by atoms with van der Waals surface area (Å²) in [7, 11) is 3.73. The van der Waals surface area contributed by atoms with E-state index in [9.17, 15) is 4.79 Å². The fraction of sp³-hybridized carbons (Fsp3) is 0.588. The maximum Gasteiger partial charge on any atom is 0.278 e. The first-order valence-electron chi connectivity index (χ1n) is 7.96. The van der Waals surface area contributed by atoms with Gasteiger partial charge in [0.25, 0.3) is 5.91 Å². The number of carbonyl (C=O) groups excluding carboxylic acids is 1. The highest BCUT2D eigenvalue weighted by atomic mass is 79.9. The van der Waals surface area contributed by atoms with E-state index in [0.29, 0.717) is 6.04 Å². The summed E-state index contributed by atoms with van der Waals surface area (Å²) in [5, 5.41) is 3.19. The van der Waals surface area contributed by atoms with Gasteiger partial charge < -0.3 is 15.0 Å². The first-order valence-corrected chi connectivity index (χ1v) is 8.75. The molecule has 1 amide bonds. The second-order valence-corrected chi connectivity index (χ2v) is 7.11. The molecule has 0 spiro atoms. The second-order valence-electron chi connectivity index (χ2n) is 6.19. The molecule has 0 aliphatic heterocycles. The van der Waals surface area contributed by atoms with Crippen LogP contribution in [0.4, 0.5) is 0 Å². The van der Waals surface area contributed by atoms with Crippen molar-refractivity contribution in [3.63, 3.8) is 0 Å². The zero-order valence-corrected chi connectivity index (χ0v) is 15.2. The lowest BCUT2D eigenvalue weighted by atomic mass is 10.1. The molecule has 1 saturated carbocycles. The maximum absolute atomic E-state index is 12.4. The van der Waals surface area contributed by atoms with Gasteiger partial charge in [0.05, 0.1) is 14.2 Å². The van der Waals surface area contributed by atoms with E-state index < -0.39 is 0 Å². The molecule has 2 rings (SSSR count). The maximum atomic E-state index is 12.4. The van der Waals surface area contributed by atoms with Crippen LogP contribution in [0.3, 0.4) is 0 Å². The highest BCUT2D eigenvalue weighted by molar-refractivity contribution is 9.10. The number of methoxy groups -OCH3 is 1. The summed E-state index contributed by atoms with van der Waals surface area (Å²) in [6, 6.07) is 6.28. The lowest BCUT2D eigenvalue weighted by Crippen LogP contribution is -3.12. The van der Waals surface area contributed by atoms with Gasteiger partial charge >= 0.3 is 0 Å². The standard InChI is InChI=1S/C17H25BrN2O2/c1-12(17(21)19-15-6-4-5-7-15)20(2)11-13-10-14(18)8-9-16(13)22-3/h8-10,12,15H,4-7,11H2,1-3H3,(H,19,21)/p+1/t12-/m1/s1. The van der Waals surface area contributed by atoms with Gasteiger partial charge in [-0.05, 0) is 38.0 Å². The summed E-state index contributed by atoms with van der Waals surface area (Å²) >= 11 is 3.50. The second kappa shape index (κ2) is 7.97. The van der Waals surface area contributed by atoms with Crippen molar-refractivity contribution in [2.75, 3.05) is 14.2 Å². The number of likely N-dealkylation sites (N-methyl/N-ethyl adjacent to an activating group) is 1. The highest BCUT2D eigenvalue weighted by Gasteiger charge is 2.26. The van der Waals surface area contributed by atoms with Crippen molar-refractivity contribution in [3.8, 4) is 5.75 Å². The van der Waals surface area contributed by atoms with Gasteiger partial charge in [-0.15, -0.1) is 0 Å². The Morgan fingerprint density at radius 2 is 2.14 bits per heavy atom. The first-order chi connectivity index (χ1) is 10.5. The molecule has 4 nitrogen and oxygen atoms in total. The smallest absolute Gasteiger partial charge is 0.278 e. The molecule has 122 valence electrons. The average Bonchev–Trinajstić information content (AvgIpc) is 2.99. The fourth-order valence-corrected chi connectivity index (χ4v) is 3.37. The number of amides is 1. The predicted octanol–water partition coefficient (Wildman–Crippen LogP) is 1.92. The topological polar surface area (TPSA) is 42.8 Å². The van der Waals surface area contributed by atoms with Crippen LogP contribution < -0.4 is 15.0 Å². The van der Waals surface area contributed by atoms with Crippen LogP contribution in [0.2, 0.25) is 0 Å². The van der Waals surface area contributed by atoms with Crippen LogP contribution in [0.5, 0.6) is 5.75 Å². The van der Waals surface area contributed by atoms with E-state index in [-0.39, 0.29) is 11.9 Å². The Labute approximate surface area is 141 Å². The SMILES string of the molecule is COc1ccc(Br)cc1C[NH+](C)[C@H](C)C(=O)NC1CCCC1. The molecular weight excluding hydrogens is 344 g/mol. The summed E-state index contributed by atoms with van der Waals surface area (Å²) in [5.74, 6) is 1.02. The van der Waals surface area contributed by atoms with Crippen LogP contribution in [0.25, 0.3) is 0 Å². The summed E-state index contributed by atoms with van der Waals surface area (Å²) < 4.78 is 6.44. The van der Waals surface area contributed by atoms with Crippen molar-refractivity contribution in [1.29, 1.82) is 0 Å². The van der Waals surface area contributed by atoms with Gasteiger partial charge in [0.1, 0.15) is 12.3 Å². The minimum atomic E-state index is -0.0794. The number of ether oxygens (including phenoxy) is 1. The molecule has 1 aliphatic carbocycles. The molecule has 1 aromatic rings. The van der Waals surface area contributed by atoms with Crippen LogP contribution in [-0.4, -0.2) is 32.1 Å². The lowest BCUT2D eigenvalue weighted by molar-refractivity contribution is -0.908. The molecule has 2 N–H and O–H groups in total. The van der Waals surface area contributed by atoms with E-state index in [4.69, 9.17) is 4.74 Å². The summed E-state index contributed by atoms with van der Waals surface area (Å²) in [4.78, 5) is 13.5. The summed E-state index contributed by atoms with van der Waals surface area (Å²) in [5.41, 5.74) is 1.11. The lowest BCUT2D eigenvalue weighted by Gasteiger charge is -2.23. The molecule has 1 fully saturated rings. The van der Waals surface area contributed by atoms with Gasteiger partial charge in [-0.3, -0.25) is 4.79 Å². The zero-order chi connectivity index (χ0) is 16.1. The van der Waals surface area contributed by atoms with Gasteiger partial charge in [0, 0.05) is 16.1 Å². The van der Waals surface area contributed by atoms with Crippen molar-refractivity contribution >= 4 is 21.8 Å². The molecule has 2 atom stereocenters. The molecule has 22 heavy (non-hydrogen) atoms. The van der Waals surface area contributed by atoms with Crippen molar-refractivity contribution in [3.05, 3.63) is 28.2 Å². The number of hydrogen-bond acceptors (Lipinski definition) is 2. The minimum absolute atomic E-state index is 0.0794. The third kappa shape index (κ3) is 4.46. The molecule has 0 saturated heterocycles. The van der Waals surface area contributed by atoms with Crippen LogP contribution >= 0.6 is 15.9 Å². The Morgan fingerprint density at radius 3 is 2.77 bits per heavy atom. The number of benzene rings is 1. The fourth-order valence-electron chi connectivity index (χ4n) is 2.96. The van der Waals surface area contributed by atoms with E-state index in [1.165, 1.54) is 12.8 Å². The Hall–Kier alpha value is -1.07. The molecule has 0 heterocycles. The zero-order valence-electron chi connectivity index (χ0n) is 13.6. The molecular formula is C17H26BrN2O2+. The molecule has 0 radical (unpaired) electrons. The van der Waals surface area contributed by atoms with Crippen molar-refractivity contribution < 1.29 is 14.4 Å². The largest absolute Gasteiger partial charge is 0.496 e. The summed E-state index contributed by atoms with van der Waals surface area (Å²) in [6.45, 7) is 2.74. The molecule has 1 unspecified atom stereocenters. The van der Waals surface area contributed by atoms with Gasteiger partial charge in [-0.1, -0.05) is 28.8 Å². The van der Waals surface area contributed by atoms with Gasteiger partial charge in [0.15, 0.2) is 6.04 Å². The Kier molecular flexibility index (Phi) is 6.26. The number of carbonyl (C=O) groups is 1. The Bertz CT molecular complexity index is 515. The number of hydrogen-bond donors (Lipinski definition) is 2. The van der Waals surface area contributed by atoms with Crippen molar-refractivity contribution in [2.24, 2.45) is 0 Å². The quantitative estimate of drug-likeness (QED) is 0.804. The Balaban J connectivity index is 1.96. The van der Waals surface area contributed by atoms with E-state index in [2.05, 4.69) is 34.4 Å².